The van der Waals surface area contributed by atoms with E-state index >= 15 is 0 Å². The number of hydrogen-bond donors (Lipinski definition) is 2. The number of fused-ring (bicyclic) bond motifs is 1. The Morgan fingerprint density at radius 1 is 1.08 bits per heavy atom. The SMILES string of the molecule is CCCCc1nc(C)cc(NCCNc2ncc3ncn(C)c3n2)n1. The van der Waals surface area contributed by atoms with Crippen LogP contribution in [0.3, 0.4) is 0 Å². The van der Waals surface area contributed by atoms with Crippen LogP contribution in [0.5, 0.6) is 0 Å². The van der Waals surface area contributed by atoms with Gasteiger partial charge in [-0.05, 0) is 13.3 Å². The first-order valence-corrected chi connectivity index (χ1v) is 8.62. The molecule has 0 fully saturated rings. The molecule has 0 unspecified atom stereocenters. The maximum atomic E-state index is 4.57. The van der Waals surface area contributed by atoms with E-state index in [1.165, 1.54) is 0 Å². The highest BCUT2D eigenvalue weighted by Crippen LogP contribution is 2.10. The molecule has 3 heterocycles. The van der Waals surface area contributed by atoms with Gasteiger partial charge in [-0.1, -0.05) is 13.3 Å². The first-order chi connectivity index (χ1) is 12.2. The minimum atomic E-state index is 0.598. The number of nitrogens with one attached hydrogen (secondary N) is 2. The van der Waals surface area contributed by atoms with Crippen LogP contribution in [0.4, 0.5) is 11.8 Å². The quantitative estimate of drug-likeness (QED) is 0.608. The van der Waals surface area contributed by atoms with Gasteiger partial charge in [0.1, 0.15) is 17.2 Å². The third-order valence-electron chi connectivity index (χ3n) is 3.82. The zero-order valence-electron chi connectivity index (χ0n) is 15.0. The van der Waals surface area contributed by atoms with Crippen molar-refractivity contribution in [2.24, 2.45) is 7.05 Å². The predicted molar refractivity (Wildman–Crippen MR) is 98.7 cm³/mol. The average Bonchev–Trinajstić information content (AvgIpc) is 2.97. The van der Waals surface area contributed by atoms with Crippen LogP contribution < -0.4 is 10.6 Å². The minimum absolute atomic E-state index is 0.598. The second-order valence-electron chi connectivity index (χ2n) is 6.03. The number of imidazole rings is 1. The highest BCUT2D eigenvalue weighted by atomic mass is 15.2. The molecule has 0 saturated heterocycles. The highest BCUT2D eigenvalue weighted by Gasteiger charge is 2.05. The van der Waals surface area contributed by atoms with Crippen LogP contribution in [0, 0.1) is 6.92 Å². The number of anilines is 2. The summed E-state index contributed by atoms with van der Waals surface area (Å²) in [6.45, 7) is 5.58. The number of aryl methyl sites for hydroxylation is 3. The van der Waals surface area contributed by atoms with Gasteiger partial charge in [0.25, 0.3) is 0 Å². The number of rotatable bonds is 8. The van der Waals surface area contributed by atoms with Crippen molar-refractivity contribution in [2.75, 3.05) is 23.7 Å². The van der Waals surface area contributed by atoms with Crippen molar-refractivity contribution in [3.8, 4) is 0 Å². The van der Waals surface area contributed by atoms with Crippen LogP contribution in [-0.4, -0.2) is 42.6 Å². The molecule has 132 valence electrons. The first-order valence-electron chi connectivity index (χ1n) is 8.62. The summed E-state index contributed by atoms with van der Waals surface area (Å²) in [6.07, 6.45) is 6.64. The molecule has 0 spiro atoms. The summed E-state index contributed by atoms with van der Waals surface area (Å²) >= 11 is 0. The Balaban J connectivity index is 1.53. The van der Waals surface area contributed by atoms with Crippen molar-refractivity contribution in [1.29, 1.82) is 0 Å². The standard InChI is InChI=1S/C17H24N8/c1-4-5-6-14-22-12(2)9-15(23-14)18-7-8-19-17-20-10-13-16(24-17)25(3)11-21-13/h9-11H,4-8H2,1-3H3,(H,18,22,23)(H,19,20,24). The Morgan fingerprint density at radius 2 is 1.92 bits per heavy atom. The fourth-order valence-corrected chi connectivity index (χ4v) is 2.54. The van der Waals surface area contributed by atoms with E-state index in [1.54, 1.807) is 12.5 Å². The molecule has 0 bridgehead atoms. The highest BCUT2D eigenvalue weighted by molar-refractivity contribution is 5.70. The molecule has 0 aliphatic heterocycles. The second-order valence-corrected chi connectivity index (χ2v) is 6.03. The van der Waals surface area contributed by atoms with E-state index in [1.807, 2.05) is 24.6 Å². The van der Waals surface area contributed by atoms with Crippen LogP contribution in [-0.2, 0) is 13.5 Å². The summed E-state index contributed by atoms with van der Waals surface area (Å²) < 4.78 is 1.88. The van der Waals surface area contributed by atoms with Crippen LogP contribution in [0.1, 0.15) is 31.3 Å². The monoisotopic (exact) mass is 340 g/mol. The van der Waals surface area contributed by atoms with Gasteiger partial charge in [-0.25, -0.2) is 19.9 Å². The van der Waals surface area contributed by atoms with Crippen LogP contribution >= 0.6 is 0 Å². The van der Waals surface area contributed by atoms with E-state index in [0.29, 0.717) is 12.5 Å². The summed E-state index contributed by atoms with van der Waals surface area (Å²) in [5.74, 6) is 2.37. The van der Waals surface area contributed by atoms with Crippen LogP contribution in [0.15, 0.2) is 18.6 Å². The summed E-state index contributed by atoms with van der Waals surface area (Å²) in [7, 11) is 1.92. The van der Waals surface area contributed by atoms with Gasteiger partial charge in [0, 0.05) is 38.3 Å². The molecule has 0 amide bonds. The van der Waals surface area contributed by atoms with Crippen molar-refractivity contribution in [3.63, 3.8) is 0 Å². The fourth-order valence-electron chi connectivity index (χ4n) is 2.54. The average molecular weight is 340 g/mol. The third kappa shape index (κ3) is 4.40. The predicted octanol–water partition coefficient (Wildman–Crippen LogP) is 2.33. The van der Waals surface area contributed by atoms with Crippen molar-refractivity contribution >= 4 is 22.9 Å². The van der Waals surface area contributed by atoms with Crippen molar-refractivity contribution in [3.05, 3.63) is 30.1 Å². The minimum Gasteiger partial charge on any atom is -0.368 e. The van der Waals surface area contributed by atoms with E-state index in [-0.39, 0.29) is 0 Å². The maximum absolute atomic E-state index is 4.57. The number of unbranched alkanes of at least 4 members (excludes halogenated alkanes) is 1. The van der Waals surface area contributed by atoms with E-state index in [0.717, 1.165) is 54.3 Å². The Kier molecular flexibility index (Phi) is 5.37. The molecule has 2 N–H and O–H groups in total. The smallest absolute Gasteiger partial charge is 0.224 e. The van der Waals surface area contributed by atoms with Crippen molar-refractivity contribution < 1.29 is 0 Å². The normalized spacial score (nSPS) is 11.0. The van der Waals surface area contributed by atoms with Crippen LogP contribution in [0.25, 0.3) is 11.2 Å². The molecule has 3 aromatic heterocycles. The molecule has 0 aromatic carbocycles. The molecular weight excluding hydrogens is 316 g/mol. The number of aromatic nitrogens is 6. The summed E-state index contributed by atoms with van der Waals surface area (Å²) in [5, 5.41) is 6.55. The Hall–Kier alpha value is -2.77. The zero-order chi connectivity index (χ0) is 17.6. The lowest BCUT2D eigenvalue weighted by Crippen LogP contribution is -2.16. The molecule has 0 aliphatic rings. The number of hydrogen-bond acceptors (Lipinski definition) is 7. The van der Waals surface area contributed by atoms with Gasteiger partial charge in [-0.3, -0.25) is 0 Å². The molecule has 3 rings (SSSR count). The molecule has 3 aromatic rings. The molecule has 0 aliphatic carbocycles. The Bertz CT molecular complexity index is 842. The molecule has 0 atom stereocenters. The van der Waals surface area contributed by atoms with E-state index < -0.39 is 0 Å². The lowest BCUT2D eigenvalue weighted by Gasteiger charge is -2.09. The largest absolute Gasteiger partial charge is 0.368 e. The summed E-state index contributed by atoms with van der Waals surface area (Å²) in [4.78, 5) is 22.0. The lowest BCUT2D eigenvalue weighted by atomic mass is 10.2. The van der Waals surface area contributed by atoms with Crippen molar-refractivity contribution in [1.82, 2.24) is 29.5 Å². The molecule has 25 heavy (non-hydrogen) atoms. The summed E-state index contributed by atoms with van der Waals surface area (Å²) in [5.41, 5.74) is 2.60. The van der Waals surface area contributed by atoms with E-state index in [4.69, 9.17) is 0 Å². The molecule has 0 radical (unpaired) electrons. The van der Waals surface area contributed by atoms with Gasteiger partial charge in [-0.2, -0.15) is 4.98 Å². The molecule has 8 heteroatoms. The molecular formula is C17H24N8. The topological polar surface area (TPSA) is 93.4 Å². The van der Waals surface area contributed by atoms with Gasteiger partial charge in [-0.15, -0.1) is 0 Å². The third-order valence-corrected chi connectivity index (χ3v) is 3.82. The van der Waals surface area contributed by atoms with Gasteiger partial charge in [0.15, 0.2) is 5.65 Å². The van der Waals surface area contributed by atoms with Gasteiger partial charge in [0.2, 0.25) is 5.95 Å². The first kappa shape index (κ1) is 17.1. The van der Waals surface area contributed by atoms with Crippen molar-refractivity contribution in [2.45, 2.75) is 33.1 Å². The second kappa shape index (κ2) is 7.87. The Labute approximate surface area is 147 Å². The van der Waals surface area contributed by atoms with Crippen LogP contribution in [0.2, 0.25) is 0 Å². The maximum Gasteiger partial charge on any atom is 0.224 e. The fraction of sp³-hybridized carbons (Fsp3) is 0.471. The van der Waals surface area contributed by atoms with Gasteiger partial charge >= 0.3 is 0 Å². The van der Waals surface area contributed by atoms with Gasteiger partial charge in [0.05, 0.1) is 12.5 Å². The molecule has 8 nitrogen and oxygen atoms in total. The summed E-state index contributed by atoms with van der Waals surface area (Å²) in [6, 6.07) is 1.97. The molecule has 0 saturated carbocycles. The lowest BCUT2D eigenvalue weighted by molar-refractivity contribution is 0.748. The number of nitrogens with zero attached hydrogens (tertiary/aromatic N) is 6. The zero-order valence-corrected chi connectivity index (χ0v) is 15.0. The van der Waals surface area contributed by atoms with E-state index in [2.05, 4.69) is 42.5 Å². The Morgan fingerprint density at radius 3 is 2.76 bits per heavy atom. The van der Waals surface area contributed by atoms with E-state index in [9.17, 15) is 0 Å². The van der Waals surface area contributed by atoms with Gasteiger partial charge < -0.3 is 15.2 Å².